The Hall–Kier alpha value is -3.79. The average molecular weight is 421 g/mol. The van der Waals surface area contributed by atoms with E-state index in [0.29, 0.717) is 25.5 Å². The summed E-state index contributed by atoms with van der Waals surface area (Å²) in [6.45, 7) is 1.88. The Bertz CT molecular complexity index is 1010. The molecule has 1 atom stereocenters. The normalized spacial score (nSPS) is 16.5. The molecule has 3 N–H and O–H groups in total. The van der Waals surface area contributed by atoms with Gasteiger partial charge < -0.3 is 15.4 Å². The lowest BCUT2D eigenvalue weighted by Gasteiger charge is -2.34. The smallest absolute Gasteiger partial charge is 0.237 e. The lowest BCUT2D eigenvalue weighted by atomic mass is 10.1. The summed E-state index contributed by atoms with van der Waals surface area (Å²) < 4.78 is 5.91. The van der Waals surface area contributed by atoms with Gasteiger partial charge >= 0.3 is 0 Å². The molecule has 2 heterocycles. The summed E-state index contributed by atoms with van der Waals surface area (Å²) in [5.74, 6) is 1.46. The molecule has 1 aliphatic heterocycles. The van der Waals surface area contributed by atoms with Crippen LogP contribution < -0.4 is 15.4 Å². The van der Waals surface area contributed by atoms with Crippen LogP contribution in [0.1, 0.15) is 17.8 Å². The molecule has 3 aromatic rings. The number of hydrogen-bond acceptors (Lipinski definition) is 7. The Morgan fingerprint density at radius 1 is 1.16 bits per heavy atom. The van der Waals surface area contributed by atoms with E-state index in [1.54, 1.807) is 0 Å². The monoisotopic (exact) mass is 421 g/mol. The third-order valence-electron chi connectivity index (χ3n) is 4.92. The lowest BCUT2D eigenvalue weighted by Crippen LogP contribution is -2.56. The first-order chi connectivity index (χ1) is 15.2. The number of aromatic amines is 1. The van der Waals surface area contributed by atoms with Gasteiger partial charge in [-0.3, -0.25) is 14.5 Å². The van der Waals surface area contributed by atoms with Crippen LogP contribution in [0, 0.1) is 0 Å². The van der Waals surface area contributed by atoms with E-state index in [1.165, 1.54) is 0 Å². The lowest BCUT2D eigenvalue weighted by molar-refractivity contribution is -0.134. The van der Waals surface area contributed by atoms with Crippen LogP contribution in [0.25, 0.3) is 0 Å². The molecule has 0 spiro atoms. The topological polar surface area (TPSA) is 125 Å². The Labute approximate surface area is 179 Å². The molecule has 2 aromatic carbocycles. The second kappa shape index (κ2) is 9.81. The second-order valence-corrected chi connectivity index (χ2v) is 7.15. The van der Waals surface area contributed by atoms with Gasteiger partial charge in [-0.1, -0.05) is 35.5 Å². The van der Waals surface area contributed by atoms with Crippen LogP contribution in [-0.4, -0.2) is 56.5 Å². The molecule has 0 unspecified atom stereocenters. The quantitative estimate of drug-likeness (QED) is 0.495. The third-order valence-corrected chi connectivity index (χ3v) is 4.92. The molecule has 1 aliphatic rings. The molecule has 31 heavy (non-hydrogen) atoms. The molecule has 0 bridgehead atoms. The maximum Gasteiger partial charge on any atom is 0.237 e. The van der Waals surface area contributed by atoms with E-state index >= 15 is 0 Å². The first kappa shape index (κ1) is 20.5. The van der Waals surface area contributed by atoms with Gasteiger partial charge in [-0.2, -0.15) is 5.21 Å². The zero-order valence-electron chi connectivity index (χ0n) is 16.8. The zero-order valence-corrected chi connectivity index (χ0v) is 16.8. The zero-order chi connectivity index (χ0) is 21.5. The summed E-state index contributed by atoms with van der Waals surface area (Å²) in [6, 6.07) is 16.7. The number of hydrogen-bond donors (Lipinski definition) is 3. The van der Waals surface area contributed by atoms with Gasteiger partial charge in [0, 0.05) is 19.6 Å². The van der Waals surface area contributed by atoms with Crippen LogP contribution >= 0.6 is 0 Å². The van der Waals surface area contributed by atoms with Gasteiger partial charge in [0.25, 0.3) is 0 Å². The van der Waals surface area contributed by atoms with E-state index in [4.69, 9.17) is 4.74 Å². The van der Waals surface area contributed by atoms with E-state index in [0.717, 1.165) is 17.1 Å². The molecule has 1 fully saturated rings. The highest BCUT2D eigenvalue weighted by Gasteiger charge is 2.31. The van der Waals surface area contributed by atoms with Crippen LogP contribution in [0.4, 0.5) is 0 Å². The Morgan fingerprint density at radius 3 is 2.81 bits per heavy atom. The summed E-state index contributed by atoms with van der Waals surface area (Å²) in [7, 11) is 0. The van der Waals surface area contributed by atoms with Crippen molar-refractivity contribution in [1.82, 2.24) is 36.2 Å². The second-order valence-electron chi connectivity index (χ2n) is 7.15. The maximum atomic E-state index is 12.5. The number of para-hydroxylation sites is 1. The molecule has 0 saturated carbocycles. The van der Waals surface area contributed by atoms with Crippen molar-refractivity contribution in [2.75, 3.05) is 13.1 Å². The standard InChI is InChI=1S/C21H23N7O3/c29-20(23-13-19-24-26-27-25-19)12-18-21(30)22-9-10-28(18)14-15-5-4-8-17(11-15)31-16-6-2-1-3-7-16/h1-8,11,18H,9-10,12-14H2,(H,22,30)(H,23,29)(H,24,25,26,27)/t18-/m0/s1. The summed E-state index contributed by atoms with van der Waals surface area (Å²) in [6.07, 6.45) is 0.0455. The molecule has 160 valence electrons. The Morgan fingerprint density at radius 2 is 2.00 bits per heavy atom. The van der Waals surface area contributed by atoms with Crippen molar-refractivity contribution in [2.24, 2.45) is 0 Å². The number of aromatic nitrogens is 4. The fourth-order valence-corrected chi connectivity index (χ4v) is 3.42. The number of benzene rings is 2. The minimum Gasteiger partial charge on any atom is -0.457 e. The molecule has 0 aliphatic carbocycles. The minimum absolute atomic E-state index is 0.0455. The number of nitrogens with zero attached hydrogens (tertiary/aromatic N) is 4. The predicted molar refractivity (Wildman–Crippen MR) is 111 cm³/mol. The van der Waals surface area contributed by atoms with Gasteiger partial charge in [-0.15, -0.1) is 10.2 Å². The fourth-order valence-electron chi connectivity index (χ4n) is 3.42. The fraction of sp³-hybridized carbons (Fsp3) is 0.286. The molecule has 0 radical (unpaired) electrons. The van der Waals surface area contributed by atoms with Gasteiger partial charge in [0.2, 0.25) is 11.8 Å². The van der Waals surface area contributed by atoms with E-state index in [2.05, 4.69) is 31.3 Å². The summed E-state index contributed by atoms with van der Waals surface area (Å²) in [5, 5.41) is 18.9. The van der Waals surface area contributed by atoms with Crippen molar-refractivity contribution in [2.45, 2.75) is 25.6 Å². The predicted octanol–water partition coefficient (Wildman–Crippen LogP) is 0.999. The molecular formula is C21H23N7O3. The number of ether oxygens (including phenoxy) is 1. The van der Waals surface area contributed by atoms with Gasteiger partial charge in [0.1, 0.15) is 11.5 Å². The van der Waals surface area contributed by atoms with Crippen molar-refractivity contribution in [3.05, 3.63) is 66.0 Å². The molecule has 10 heteroatoms. The van der Waals surface area contributed by atoms with Crippen molar-refractivity contribution in [3.8, 4) is 11.5 Å². The van der Waals surface area contributed by atoms with Crippen molar-refractivity contribution >= 4 is 11.8 Å². The number of piperazine rings is 1. The highest BCUT2D eigenvalue weighted by Crippen LogP contribution is 2.23. The summed E-state index contributed by atoms with van der Waals surface area (Å²) >= 11 is 0. The number of nitrogens with one attached hydrogen (secondary N) is 3. The van der Waals surface area contributed by atoms with Gasteiger partial charge in [-0.25, -0.2) is 0 Å². The number of rotatable bonds is 8. The number of tetrazole rings is 1. The molecule has 2 amide bonds. The number of carbonyl (C=O) groups is 2. The first-order valence-corrected chi connectivity index (χ1v) is 10.00. The van der Waals surface area contributed by atoms with Crippen molar-refractivity contribution in [3.63, 3.8) is 0 Å². The molecule has 1 aromatic heterocycles. The number of amides is 2. The largest absolute Gasteiger partial charge is 0.457 e. The number of carbonyl (C=O) groups excluding carboxylic acids is 2. The third kappa shape index (κ3) is 5.64. The van der Waals surface area contributed by atoms with E-state index in [-0.39, 0.29) is 24.8 Å². The van der Waals surface area contributed by atoms with E-state index in [1.807, 2.05) is 59.5 Å². The van der Waals surface area contributed by atoms with Gasteiger partial charge in [-0.05, 0) is 29.8 Å². The van der Waals surface area contributed by atoms with Gasteiger partial charge in [0.05, 0.1) is 19.0 Å². The van der Waals surface area contributed by atoms with Crippen LogP contribution in [0.5, 0.6) is 11.5 Å². The van der Waals surface area contributed by atoms with E-state index in [9.17, 15) is 9.59 Å². The van der Waals surface area contributed by atoms with Gasteiger partial charge in [0.15, 0.2) is 5.82 Å². The van der Waals surface area contributed by atoms with Crippen molar-refractivity contribution < 1.29 is 14.3 Å². The molecule has 10 nitrogen and oxygen atoms in total. The van der Waals surface area contributed by atoms with Crippen LogP contribution in [0.15, 0.2) is 54.6 Å². The average Bonchev–Trinajstić information content (AvgIpc) is 3.30. The summed E-state index contributed by atoms with van der Waals surface area (Å²) in [5.41, 5.74) is 1.00. The molecule has 4 rings (SSSR count). The highest BCUT2D eigenvalue weighted by atomic mass is 16.5. The van der Waals surface area contributed by atoms with Crippen LogP contribution in [0.3, 0.4) is 0 Å². The maximum absolute atomic E-state index is 12.5. The summed E-state index contributed by atoms with van der Waals surface area (Å²) in [4.78, 5) is 26.9. The molecular weight excluding hydrogens is 398 g/mol. The first-order valence-electron chi connectivity index (χ1n) is 10.00. The number of H-pyrrole nitrogens is 1. The van der Waals surface area contributed by atoms with Crippen LogP contribution in [0.2, 0.25) is 0 Å². The highest BCUT2D eigenvalue weighted by molar-refractivity contribution is 5.88. The SMILES string of the molecule is O=C(C[C@H]1C(=O)NCCN1Cc1cccc(Oc2ccccc2)c1)NCc1nn[nH]n1. The van der Waals surface area contributed by atoms with Crippen molar-refractivity contribution in [1.29, 1.82) is 0 Å². The minimum atomic E-state index is -0.558. The van der Waals surface area contributed by atoms with E-state index < -0.39 is 6.04 Å². The Balaban J connectivity index is 1.39. The Kier molecular flexibility index (Phi) is 6.48. The molecule has 1 saturated heterocycles. The van der Waals surface area contributed by atoms with Crippen LogP contribution in [-0.2, 0) is 22.7 Å².